The predicted molar refractivity (Wildman–Crippen MR) is 86.5 cm³/mol. The summed E-state index contributed by atoms with van der Waals surface area (Å²) in [7, 11) is 0. The number of nitrogens with one attached hydrogen (secondary N) is 1. The maximum atomic E-state index is 11.7. The molecule has 3 N–H and O–H groups in total. The van der Waals surface area contributed by atoms with Gasteiger partial charge in [0.05, 0.1) is 5.75 Å². The summed E-state index contributed by atoms with van der Waals surface area (Å²) < 4.78 is 5.29. The first-order valence-electron chi connectivity index (χ1n) is 6.46. The first-order chi connectivity index (χ1) is 11.0. The zero-order valence-electron chi connectivity index (χ0n) is 11.9. The van der Waals surface area contributed by atoms with Gasteiger partial charge < -0.3 is 15.8 Å². The van der Waals surface area contributed by atoms with Gasteiger partial charge >= 0.3 is 5.97 Å². The average molecular weight is 355 g/mol. The van der Waals surface area contributed by atoms with E-state index in [1.165, 1.54) is 29.1 Å². The maximum Gasteiger partial charge on any atom is 0.361 e. The van der Waals surface area contributed by atoms with Crippen molar-refractivity contribution in [1.82, 2.24) is 20.2 Å². The van der Waals surface area contributed by atoms with Gasteiger partial charge in [0.25, 0.3) is 5.91 Å². The fourth-order valence-corrected chi connectivity index (χ4v) is 2.78. The molecule has 11 heteroatoms. The molecule has 0 unspecified atom stereocenters. The van der Waals surface area contributed by atoms with Gasteiger partial charge in [-0.3, -0.25) is 14.5 Å². The monoisotopic (exact) mass is 355 g/mol. The highest BCUT2D eigenvalue weighted by Crippen LogP contribution is 2.18. The van der Waals surface area contributed by atoms with Gasteiger partial charge in [-0.15, -0.1) is 0 Å². The van der Waals surface area contributed by atoms with E-state index in [9.17, 15) is 14.4 Å². The molecular formula is C12H13N5O4S2. The van der Waals surface area contributed by atoms with Crippen LogP contribution in [0.15, 0.2) is 12.4 Å². The highest BCUT2D eigenvalue weighted by molar-refractivity contribution is 8.23. The molecule has 2 heterocycles. The molecule has 0 bridgehead atoms. The van der Waals surface area contributed by atoms with Crippen LogP contribution in [0.25, 0.3) is 0 Å². The van der Waals surface area contributed by atoms with Gasteiger partial charge in [0.15, 0.2) is 18.1 Å². The number of amides is 2. The van der Waals surface area contributed by atoms with E-state index >= 15 is 0 Å². The van der Waals surface area contributed by atoms with E-state index in [1.54, 1.807) is 0 Å². The third-order valence-corrected chi connectivity index (χ3v) is 4.18. The van der Waals surface area contributed by atoms with Gasteiger partial charge in [-0.1, -0.05) is 24.0 Å². The highest BCUT2D eigenvalue weighted by atomic mass is 32.2. The molecule has 1 aliphatic rings. The average Bonchev–Trinajstić information content (AvgIpc) is 2.85. The normalized spacial score (nSPS) is 14.0. The lowest BCUT2D eigenvalue weighted by Gasteiger charge is -2.15. The molecule has 1 aromatic rings. The number of thioether (sulfide) groups is 1. The zero-order chi connectivity index (χ0) is 16.8. The number of carbonyl (C=O) groups is 3. The number of nitrogens with zero attached hydrogens (tertiary/aromatic N) is 3. The number of aromatic nitrogens is 2. The van der Waals surface area contributed by atoms with E-state index in [-0.39, 0.29) is 30.5 Å². The van der Waals surface area contributed by atoms with Gasteiger partial charge in [0.2, 0.25) is 5.91 Å². The number of hydrogen-bond acceptors (Lipinski definition) is 9. The second-order valence-corrected chi connectivity index (χ2v) is 5.93. The van der Waals surface area contributed by atoms with E-state index in [0.29, 0.717) is 10.1 Å². The molecule has 0 atom stereocenters. The lowest BCUT2D eigenvalue weighted by Crippen LogP contribution is -2.38. The summed E-state index contributed by atoms with van der Waals surface area (Å²) >= 11 is 6.30. The molecule has 1 saturated heterocycles. The van der Waals surface area contributed by atoms with Crippen molar-refractivity contribution in [2.75, 3.05) is 31.2 Å². The minimum atomic E-state index is -0.835. The maximum absolute atomic E-state index is 11.7. The van der Waals surface area contributed by atoms with Crippen LogP contribution in [-0.4, -0.2) is 62.4 Å². The van der Waals surface area contributed by atoms with Crippen LogP contribution in [0.2, 0.25) is 0 Å². The number of thiocarbonyl (C=S) groups is 1. The second kappa shape index (κ2) is 7.83. The first-order valence-corrected chi connectivity index (χ1v) is 7.86. The van der Waals surface area contributed by atoms with Crippen LogP contribution in [0.5, 0.6) is 0 Å². The number of rotatable bonds is 6. The lowest BCUT2D eigenvalue weighted by molar-refractivity contribution is -0.126. The molecule has 1 fully saturated rings. The molecule has 0 saturated carbocycles. The van der Waals surface area contributed by atoms with Crippen LogP contribution in [0.3, 0.4) is 0 Å². The molecule has 2 amide bonds. The molecule has 23 heavy (non-hydrogen) atoms. The Labute approximate surface area is 141 Å². The van der Waals surface area contributed by atoms with Crippen molar-refractivity contribution in [3.8, 4) is 0 Å². The van der Waals surface area contributed by atoms with Crippen molar-refractivity contribution >= 4 is 51.9 Å². The van der Waals surface area contributed by atoms with Gasteiger partial charge in [-0.2, -0.15) is 0 Å². The Morgan fingerprint density at radius 2 is 2.17 bits per heavy atom. The van der Waals surface area contributed by atoms with E-state index < -0.39 is 18.5 Å². The van der Waals surface area contributed by atoms with Crippen molar-refractivity contribution in [2.24, 2.45) is 0 Å². The molecular weight excluding hydrogens is 342 g/mol. The Balaban J connectivity index is 1.71. The van der Waals surface area contributed by atoms with Crippen molar-refractivity contribution in [2.45, 2.75) is 0 Å². The molecule has 0 aromatic carbocycles. The molecule has 0 aliphatic carbocycles. The molecule has 2 rings (SSSR count). The molecule has 0 radical (unpaired) electrons. The summed E-state index contributed by atoms with van der Waals surface area (Å²) in [6.07, 6.45) is 2.63. The zero-order valence-corrected chi connectivity index (χ0v) is 13.5. The van der Waals surface area contributed by atoms with Crippen molar-refractivity contribution in [3.05, 3.63) is 18.1 Å². The summed E-state index contributed by atoms with van der Waals surface area (Å²) in [5.41, 5.74) is 5.33. The van der Waals surface area contributed by atoms with Crippen LogP contribution >= 0.6 is 24.0 Å². The predicted octanol–water partition coefficient (Wildman–Crippen LogP) is -0.808. The van der Waals surface area contributed by atoms with Crippen LogP contribution in [0, 0.1) is 0 Å². The number of carbonyl (C=O) groups excluding carboxylic acids is 3. The number of nitrogens with two attached hydrogens (primary N) is 1. The standard InChI is InChI=1S/C12H13N5O4S2/c13-10-9(15-1-2-16-10)11(20)21-5-7(18)14-3-4-17-8(19)6-23-12(17)22/h1-2H,3-6H2,(H2,13,16)(H,14,18). The van der Waals surface area contributed by atoms with Crippen molar-refractivity contribution in [3.63, 3.8) is 0 Å². The molecule has 0 spiro atoms. The number of anilines is 1. The van der Waals surface area contributed by atoms with Gasteiger partial charge in [-0.25, -0.2) is 14.8 Å². The largest absolute Gasteiger partial charge is 0.451 e. The Morgan fingerprint density at radius 3 is 2.83 bits per heavy atom. The Bertz CT molecular complexity index is 638. The second-order valence-electron chi connectivity index (χ2n) is 4.32. The van der Waals surface area contributed by atoms with Crippen LogP contribution < -0.4 is 11.1 Å². The van der Waals surface area contributed by atoms with Crippen LogP contribution in [0.4, 0.5) is 5.82 Å². The molecule has 1 aliphatic heterocycles. The van der Waals surface area contributed by atoms with Gasteiger partial charge in [0, 0.05) is 25.5 Å². The van der Waals surface area contributed by atoms with E-state index in [1.807, 2.05) is 0 Å². The number of hydrogen-bond donors (Lipinski definition) is 2. The summed E-state index contributed by atoms with van der Waals surface area (Å²) in [4.78, 5) is 43.6. The summed E-state index contributed by atoms with van der Waals surface area (Å²) in [5.74, 6) is -1.18. The Hall–Kier alpha value is -2.27. The minimum Gasteiger partial charge on any atom is -0.451 e. The minimum absolute atomic E-state index is 0.0727. The van der Waals surface area contributed by atoms with Crippen molar-refractivity contribution in [1.29, 1.82) is 0 Å². The highest BCUT2D eigenvalue weighted by Gasteiger charge is 2.26. The summed E-state index contributed by atoms with van der Waals surface area (Å²) in [5, 5.41) is 2.53. The third kappa shape index (κ3) is 4.60. The van der Waals surface area contributed by atoms with Crippen LogP contribution in [-0.2, 0) is 14.3 Å². The third-order valence-electron chi connectivity index (χ3n) is 2.75. The number of esters is 1. The smallest absolute Gasteiger partial charge is 0.361 e. The van der Waals surface area contributed by atoms with E-state index in [0.717, 1.165) is 0 Å². The summed E-state index contributed by atoms with van der Waals surface area (Å²) in [6, 6.07) is 0. The Morgan fingerprint density at radius 1 is 1.43 bits per heavy atom. The molecule has 122 valence electrons. The topological polar surface area (TPSA) is 128 Å². The number of nitrogen functional groups attached to an aromatic ring is 1. The van der Waals surface area contributed by atoms with Crippen LogP contribution in [0.1, 0.15) is 10.5 Å². The number of ether oxygens (including phenoxy) is 1. The first kappa shape index (κ1) is 17.1. The van der Waals surface area contributed by atoms with Crippen molar-refractivity contribution < 1.29 is 19.1 Å². The fraction of sp³-hybridized carbons (Fsp3) is 0.333. The van der Waals surface area contributed by atoms with E-state index in [2.05, 4.69) is 15.3 Å². The Kier molecular flexibility index (Phi) is 5.82. The molecule has 9 nitrogen and oxygen atoms in total. The van der Waals surface area contributed by atoms with Gasteiger partial charge in [0.1, 0.15) is 4.32 Å². The lowest BCUT2D eigenvalue weighted by atomic mass is 10.4. The SMILES string of the molecule is Nc1nccnc1C(=O)OCC(=O)NCCN1C(=O)CSC1=S. The summed E-state index contributed by atoms with van der Waals surface area (Å²) in [6.45, 7) is -0.000439. The van der Waals surface area contributed by atoms with Gasteiger partial charge in [-0.05, 0) is 0 Å². The quantitative estimate of drug-likeness (QED) is 0.497. The van der Waals surface area contributed by atoms with E-state index in [4.69, 9.17) is 22.7 Å². The fourth-order valence-electron chi connectivity index (χ4n) is 1.66. The molecule has 1 aromatic heterocycles.